The Morgan fingerprint density at radius 3 is 2.88 bits per heavy atom. The predicted molar refractivity (Wildman–Crippen MR) is 66.1 cm³/mol. The standard InChI is InChI=1S/C12H18N4/c1-4-5-9(2)16(3)12-10(7-13)6-11(14)8-15-12/h6,8-9H,4-5,14H2,1-3H3. The van der Waals surface area contributed by atoms with Crippen LogP contribution in [-0.4, -0.2) is 18.1 Å². The molecule has 0 bridgehead atoms. The fraction of sp³-hybridized carbons (Fsp3) is 0.500. The highest BCUT2D eigenvalue weighted by molar-refractivity contribution is 5.58. The van der Waals surface area contributed by atoms with Crippen molar-refractivity contribution in [2.24, 2.45) is 0 Å². The van der Waals surface area contributed by atoms with E-state index < -0.39 is 0 Å². The van der Waals surface area contributed by atoms with E-state index in [1.54, 1.807) is 12.3 Å². The molecular weight excluding hydrogens is 200 g/mol. The molecule has 0 aliphatic carbocycles. The predicted octanol–water partition coefficient (Wildman–Crippen LogP) is 2.16. The van der Waals surface area contributed by atoms with E-state index in [4.69, 9.17) is 11.0 Å². The second-order valence-corrected chi connectivity index (χ2v) is 4.00. The van der Waals surface area contributed by atoms with Gasteiger partial charge >= 0.3 is 0 Å². The van der Waals surface area contributed by atoms with Crippen LogP contribution in [0.1, 0.15) is 32.3 Å². The SMILES string of the molecule is CCCC(C)N(C)c1ncc(N)cc1C#N. The molecule has 1 unspecified atom stereocenters. The van der Waals surface area contributed by atoms with Crippen LogP contribution in [0.2, 0.25) is 0 Å². The van der Waals surface area contributed by atoms with Gasteiger partial charge in [0, 0.05) is 13.1 Å². The van der Waals surface area contributed by atoms with Gasteiger partial charge in [-0.25, -0.2) is 4.98 Å². The zero-order valence-corrected chi connectivity index (χ0v) is 10.1. The fourth-order valence-electron chi connectivity index (χ4n) is 1.66. The molecule has 1 aromatic rings. The van der Waals surface area contributed by atoms with Crippen molar-refractivity contribution < 1.29 is 0 Å². The molecule has 0 aliphatic rings. The highest BCUT2D eigenvalue weighted by Gasteiger charge is 2.14. The minimum Gasteiger partial charge on any atom is -0.397 e. The van der Waals surface area contributed by atoms with Crippen molar-refractivity contribution in [2.75, 3.05) is 17.7 Å². The molecule has 0 radical (unpaired) electrons. The van der Waals surface area contributed by atoms with E-state index in [9.17, 15) is 0 Å². The molecule has 0 saturated heterocycles. The summed E-state index contributed by atoms with van der Waals surface area (Å²) >= 11 is 0. The average Bonchev–Trinajstić information content (AvgIpc) is 2.28. The molecular formula is C12H18N4. The number of rotatable bonds is 4. The van der Waals surface area contributed by atoms with Crippen LogP contribution in [0.15, 0.2) is 12.3 Å². The Hall–Kier alpha value is -1.76. The second-order valence-electron chi connectivity index (χ2n) is 4.00. The number of nitrogens with two attached hydrogens (primary N) is 1. The number of nitrogen functional groups attached to an aromatic ring is 1. The molecule has 1 heterocycles. The lowest BCUT2D eigenvalue weighted by Gasteiger charge is -2.26. The van der Waals surface area contributed by atoms with Crippen molar-refractivity contribution in [1.82, 2.24) is 4.98 Å². The highest BCUT2D eigenvalue weighted by Crippen LogP contribution is 2.21. The van der Waals surface area contributed by atoms with Crippen LogP contribution in [0.4, 0.5) is 11.5 Å². The van der Waals surface area contributed by atoms with Crippen molar-refractivity contribution in [2.45, 2.75) is 32.7 Å². The first-order valence-corrected chi connectivity index (χ1v) is 5.48. The summed E-state index contributed by atoms with van der Waals surface area (Å²) in [5.74, 6) is 0.706. The molecule has 0 aromatic carbocycles. The summed E-state index contributed by atoms with van der Waals surface area (Å²) in [6.07, 6.45) is 3.78. The Morgan fingerprint density at radius 1 is 1.62 bits per heavy atom. The fourth-order valence-corrected chi connectivity index (χ4v) is 1.66. The van der Waals surface area contributed by atoms with Gasteiger partial charge in [-0.3, -0.25) is 0 Å². The lowest BCUT2D eigenvalue weighted by Crippen LogP contribution is -2.30. The van der Waals surface area contributed by atoms with Crippen LogP contribution in [0.5, 0.6) is 0 Å². The molecule has 1 rings (SSSR count). The molecule has 16 heavy (non-hydrogen) atoms. The average molecular weight is 218 g/mol. The molecule has 0 aliphatic heterocycles. The minimum atomic E-state index is 0.369. The molecule has 0 saturated carbocycles. The van der Waals surface area contributed by atoms with Gasteiger partial charge in [0.25, 0.3) is 0 Å². The summed E-state index contributed by atoms with van der Waals surface area (Å²) < 4.78 is 0. The maximum atomic E-state index is 9.03. The molecule has 1 aromatic heterocycles. The van der Waals surface area contributed by atoms with Crippen LogP contribution in [-0.2, 0) is 0 Å². The van der Waals surface area contributed by atoms with Gasteiger partial charge in [0.15, 0.2) is 0 Å². The van der Waals surface area contributed by atoms with E-state index in [0.29, 0.717) is 23.1 Å². The van der Waals surface area contributed by atoms with E-state index in [2.05, 4.69) is 24.9 Å². The van der Waals surface area contributed by atoms with Gasteiger partial charge in [0.05, 0.1) is 17.4 Å². The van der Waals surface area contributed by atoms with Gasteiger partial charge in [-0.15, -0.1) is 0 Å². The number of pyridine rings is 1. The first-order chi connectivity index (χ1) is 7.60. The number of anilines is 2. The van der Waals surface area contributed by atoms with E-state index in [1.165, 1.54) is 0 Å². The number of nitrogens with zero attached hydrogens (tertiary/aromatic N) is 3. The van der Waals surface area contributed by atoms with Crippen molar-refractivity contribution in [3.05, 3.63) is 17.8 Å². The Balaban J connectivity index is 2.99. The van der Waals surface area contributed by atoms with Crippen LogP contribution >= 0.6 is 0 Å². The Morgan fingerprint density at radius 2 is 2.31 bits per heavy atom. The van der Waals surface area contributed by atoms with Crippen molar-refractivity contribution in [3.8, 4) is 6.07 Å². The topological polar surface area (TPSA) is 65.9 Å². The van der Waals surface area contributed by atoms with Crippen LogP contribution in [0, 0.1) is 11.3 Å². The quantitative estimate of drug-likeness (QED) is 0.841. The van der Waals surface area contributed by atoms with E-state index in [-0.39, 0.29) is 0 Å². The zero-order valence-electron chi connectivity index (χ0n) is 10.1. The molecule has 4 heteroatoms. The second kappa shape index (κ2) is 5.36. The monoisotopic (exact) mass is 218 g/mol. The summed E-state index contributed by atoms with van der Waals surface area (Å²) in [5.41, 5.74) is 6.66. The Labute approximate surface area is 96.7 Å². The molecule has 86 valence electrons. The summed E-state index contributed by atoms with van der Waals surface area (Å²) in [6, 6.07) is 4.16. The normalized spacial score (nSPS) is 11.9. The molecule has 4 nitrogen and oxygen atoms in total. The van der Waals surface area contributed by atoms with Crippen LogP contribution in [0.25, 0.3) is 0 Å². The molecule has 0 spiro atoms. The van der Waals surface area contributed by atoms with Gasteiger partial charge in [0.1, 0.15) is 11.9 Å². The maximum Gasteiger partial charge on any atom is 0.146 e. The largest absolute Gasteiger partial charge is 0.397 e. The molecule has 0 fully saturated rings. The Kier molecular flexibility index (Phi) is 4.12. The first kappa shape index (κ1) is 12.3. The third-order valence-corrected chi connectivity index (χ3v) is 2.71. The number of hydrogen-bond acceptors (Lipinski definition) is 4. The lowest BCUT2D eigenvalue weighted by atomic mass is 10.1. The van der Waals surface area contributed by atoms with Crippen molar-refractivity contribution >= 4 is 11.5 Å². The molecule has 0 amide bonds. The van der Waals surface area contributed by atoms with E-state index in [1.807, 2.05) is 11.9 Å². The smallest absolute Gasteiger partial charge is 0.146 e. The maximum absolute atomic E-state index is 9.03. The van der Waals surface area contributed by atoms with Gasteiger partial charge in [-0.1, -0.05) is 13.3 Å². The number of nitriles is 1. The van der Waals surface area contributed by atoms with E-state index >= 15 is 0 Å². The van der Waals surface area contributed by atoms with Crippen LogP contribution in [0.3, 0.4) is 0 Å². The Bertz CT molecular complexity index is 394. The van der Waals surface area contributed by atoms with Gasteiger partial charge < -0.3 is 10.6 Å². The summed E-state index contributed by atoms with van der Waals surface area (Å²) in [6.45, 7) is 4.27. The number of aromatic nitrogens is 1. The minimum absolute atomic E-state index is 0.369. The van der Waals surface area contributed by atoms with Crippen LogP contribution < -0.4 is 10.6 Å². The summed E-state index contributed by atoms with van der Waals surface area (Å²) in [4.78, 5) is 6.26. The van der Waals surface area contributed by atoms with Gasteiger partial charge in [-0.05, 0) is 19.4 Å². The lowest BCUT2D eigenvalue weighted by molar-refractivity contribution is 0.611. The van der Waals surface area contributed by atoms with Gasteiger partial charge in [-0.2, -0.15) is 5.26 Å². The van der Waals surface area contributed by atoms with Gasteiger partial charge in [0.2, 0.25) is 0 Å². The third-order valence-electron chi connectivity index (χ3n) is 2.71. The highest BCUT2D eigenvalue weighted by atomic mass is 15.2. The zero-order chi connectivity index (χ0) is 12.1. The molecule has 2 N–H and O–H groups in total. The molecule has 1 atom stereocenters. The first-order valence-electron chi connectivity index (χ1n) is 5.48. The van der Waals surface area contributed by atoms with Crippen molar-refractivity contribution in [3.63, 3.8) is 0 Å². The van der Waals surface area contributed by atoms with Crippen molar-refractivity contribution in [1.29, 1.82) is 5.26 Å². The third kappa shape index (κ3) is 2.63. The number of hydrogen-bond donors (Lipinski definition) is 1. The summed E-state index contributed by atoms with van der Waals surface area (Å²) in [5, 5.41) is 9.03. The van der Waals surface area contributed by atoms with E-state index in [0.717, 1.165) is 12.8 Å². The summed E-state index contributed by atoms with van der Waals surface area (Å²) in [7, 11) is 1.96.